The van der Waals surface area contributed by atoms with Crippen LogP contribution in [0.25, 0.3) is 0 Å². The summed E-state index contributed by atoms with van der Waals surface area (Å²) >= 11 is 0. The number of aromatic nitrogens is 2. The van der Waals surface area contributed by atoms with Crippen molar-refractivity contribution in [2.45, 2.75) is 130 Å². The molecule has 2 rings (SSSR count). The van der Waals surface area contributed by atoms with E-state index < -0.39 is 0 Å². The molecule has 0 atom stereocenters. The molecule has 1 aromatic carbocycles. The second-order valence-corrected chi connectivity index (χ2v) is 9.37. The molecule has 2 aromatic rings. The molecule has 0 N–H and O–H groups in total. The first-order valence-electron chi connectivity index (χ1n) is 13.5. The van der Waals surface area contributed by atoms with Gasteiger partial charge in [0.15, 0.2) is 0 Å². The first kappa shape index (κ1) is 25.7. The van der Waals surface area contributed by atoms with Crippen LogP contribution in [-0.2, 0) is 19.5 Å². The van der Waals surface area contributed by atoms with Crippen LogP contribution in [0.5, 0.6) is 0 Å². The van der Waals surface area contributed by atoms with Crippen molar-refractivity contribution in [2.24, 2.45) is 0 Å². The van der Waals surface area contributed by atoms with Crippen molar-refractivity contribution in [3.63, 3.8) is 0 Å². The molecular weight excluding hydrogens is 376 g/mol. The Labute approximate surface area is 193 Å². The predicted molar refractivity (Wildman–Crippen MR) is 134 cm³/mol. The maximum absolute atomic E-state index is 2.55. The zero-order chi connectivity index (χ0) is 22.0. The Hall–Kier alpha value is -1.57. The van der Waals surface area contributed by atoms with Gasteiger partial charge in [0.05, 0.1) is 6.54 Å². The molecule has 0 bridgehead atoms. The van der Waals surface area contributed by atoms with E-state index in [0.29, 0.717) is 0 Å². The summed E-state index contributed by atoms with van der Waals surface area (Å²) in [6, 6.07) is 10.9. The number of rotatable bonds is 19. The Kier molecular flexibility index (Phi) is 14.1. The Morgan fingerprint density at radius 2 is 1.19 bits per heavy atom. The average Bonchev–Trinajstić information content (AvgIpc) is 3.17. The van der Waals surface area contributed by atoms with Crippen molar-refractivity contribution in [1.29, 1.82) is 0 Å². The summed E-state index contributed by atoms with van der Waals surface area (Å²) in [5, 5.41) is 0. The van der Waals surface area contributed by atoms with Crippen LogP contribution in [0.3, 0.4) is 0 Å². The highest BCUT2D eigenvalue weighted by Crippen LogP contribution is 2.13. The van der Waals surface area contributed by atoms with E-state index >= 15 is 0 Å². The van der Waals surface area contributed by atoms with E-state index in [1.807, 2.05) is 0 Å². The average molecular weight is 426 g/mol. The lowest BCUT2D eigenvalue weighted by Crippen LogP contribution is -2.37. The molecule has 0 saturated heterocycles. The van der Waals surface area contributed by atoms with Crippen molar-refractivity contribution in [3.05, 3.63) is 54.1 Å². The molecule has 0 saturated carbocycles. The minimum Gasteiger partial charge on any atom is -0.234 e. The molecule has 1 heterocycles. The van der Waals surface area contributed by atoms with E-state index in [0.717, 1.165) is 6.54 Å². The third kappa shape index (κ3) is 11.0. The Morgan fingerprint density at radius 3 is 1.81 bits per heavy atom. The number of imidazole rings is 1. The summed E-state index contributed by atoms with van der Waals surface area (Å²) in [7, 11) is 0. The molecule has 174 valence electrons. The van der Waals surface area contributed by atoms with Crippen LogP contribution in [0.2, 0.25) is 0 Å². The highest BCUT2D eigenvalue weighted by molar-refractivity contribution is 5.13. The van der Waals surface area contributed by atoms with E-state index in [1.165, 1.54) is 121 Å². The summed E-state index contributed by atoms with van der Waals surface area (Å²) in [4.78, 5) is 0. The van der Waals surface area contributed by atoms with Gasteiger partial charge in [-0.2, -0.15) is 0 Å². The van der Waals surface area contributed by atoms with Gasteiger partial charge in [0.1, 0.15) is 18.9 Å². The van der Waals surface area contributed by atoms with Gasteiger partial charge >= 0.3 is 0 Å². The van der Waals surface area contributed by atoms with Gasteiger partial charge in [-0.1, -0.05) is 121 Å². The molecule has 0 unspecified atom stereocenters. The molecular formula is C29H49N2+. The van der Waals surface area contributed by atoms with Gasteiger partial charge in [0.2, 0.25) is 0 Å². The number of benzene rings is 1. The van der Waals surface area contributed by atoms with Gasteiger partial charge in [-0.25, -0.2) is 9.13 Å². The summed E-state index contributed by atoms with van der Waals surface area (Å²) in [5.74, 6) is 1.53. The van der Waals surface area contributed by atoms with E-state index in [-0.39, 0.29) is 0 Å². The number of aryl methyl sites for hydroxylation is 1. The maximum Gasteiger partial charge on any atom is 0.256 e. The van der Waals surface area contributed by atoms with Crippen LogP contribution in [0.15, 0.2) is 42.7 Å². The Balaban J connectivity index is 1.81. The fourth-order valence-electron chi connectivity index (χ4n) is 4.57. The fourth-order valence-corrected chi connectivity index (χ4v) is 4.57. The van der Waals surface area contributed by atoms with Gasteiger partial charge in [0, 0.05) is 6.42 Å². The molecule has 0 spiro atoms. The minimum atomic E-state index is 0.997. The molecule has 2 nitrogen and oxygen atoms in total. The standard InChI is InChI=1S/C29H49N2/c1-3-5-7-9-11-13-15-20-24-30-25-26-31(27-28-21-17-16-18-22-28)29(30)23-19-14-12-10-8-6-4-2/h16-18,21-22,25-26H,3-15,19-20,23-24,27H2,1-2H3/q+1. The zero-order valence-corrected chi connectivity index (χ0v) is 20.7. The van der Waals surface area contributed by atoms with Crippen molar-refractivity contribution >= 4 is 0 Å². The summed E-state index contributed by atoms with van der Waals surface area (Å²) in [5.41, 5.74) is 1.40. The highest BCUT2D eigenvalue weighted by atomic mass is 15.1. The second kappa shape index (κ2) is 17.0. The van der Waals surface area contributed by atoms with Gasteiger partial charge < -0.3 is 0 Å². The molecule has 31 heavy (non-hydrogen) atoms. The zero-order valence-electron chi connectivity index (χ0n) is 20.7. The van der Waals surface area contributed by atoms with Crippen LogP contribution in [0, 0.1) is 0 Å². The smallest absolute Gasteiger partial charge is 0.234 e. The predicted octanol–water partition coefficient (Wildman–Crippen LogP) is 8.26. The third-order valence-corrected chi connectivity index (χ3v) is 6.54. The van der Waals surface area contributed by atoms with Gasteiger partial charge in [-0.15, -0.1) is 0 Å². The summed E-state index contributed by atoms with van der Waals surface area (Å²) in [6.07, 6.45) is 26.7. The lowest BCUT2D eigenvalue weighted by atomic mass is 10.1. The third-order valence-electron chi connectivity index (χ3n) is 6.54. The minimum absolute atomic E-state index is 0.997. The van der Waals surface area contributed by atoms with Crippen molar-refractivity contribution < 1.29 is 4.57 Å². The number of nitrogens with zero attached hydrogens (tertiary/aromatic N) is 2. The van der Waals surface area contributed by atoms with Crippen LogP contribution in [-0.4, -0.2) is 4.57 Å². The molecule has 0 aliphatic heterocycles. The van der Waals surface area contributed by atoms with Crippen molar-refractivity contribution in [2.75, 3.05) is 0 Å². The molecule has 0 amide bonds. The molecule has 0 radical (unpaired) electrons. The molecule has 0 aliphatic carbocycles. The van der Waals surface area contributed by atoms with Gasteiger partial charge in [-0.3, -0.25) is 0 Å². The van der Waals surface area contributed by atoms with Gasteiger partial charge in [0.25, 0.3) is 5.82 Å². The second-order valence-electron chi connectivity index (χ2n) is 9.37. The number of hydrogen-bond donors (Lipinski definition) is 0. The lowest BCUT2D eigenvalue weighted by molar-refractivity contribution is -0.695. The molecule has 0 aliphatic rings. The van der Waals surface area contributed by atoms with Gasteiger partial charge in [-0.05, 0) is 24.8 Å². The summed E-state index contributed by atoms with van der Waals surface area (Å²) < 4.78 is 5.05. The SMILES string of the molecule is CCCCCCCCCCn1cc[n+](Cc2ccccc2)c1CCCCCCCCC. The molecule has 0 fully saturated rings. The van der Waals surface area contributed by atoms with E-state index in [2.05, 4.69) is 65.7 Å². The maximum atomic E-state index is 2.55. The number of hydrogen-bond acceptors (Lipinski definition) is 0. The van der Waals surface area contributed by atoms with Crippen LogP contribution < -0.4 is 4.57 Å². The van der Waals surface area contributed by atoms with E-state index in [1.54, 1.807) is 0 Å². The normalized spacial score (nSPS) is 11.3. The summed E-state index contributed by atoms with van der Waals surface area (Å²) in [6.45, 7) is 6.77. The van der Waals surface area contributed by atoms with Crippen molar-refractivity contribution in [1.82, 2.24) is 4.57 Å². The van der Waals surface area contributed by atoms with Crippen molar-refractivity contribution in [3.8, 4) is 0 Å². The lowest BCUT2D eigenvalue weighted by Gasteiger charge is -2.07. The first-order valence-corrected chi connectivity index (χ1v) is 13.5. The fraction of sp³-hybridized carbons (Fsp3) is 0.690. The number of unbranched alkanes of at least 4 members (excludes halogenated alkanes) is 13. The van der Waals surface area contributed by atoms with Crippen LogP contribution >= 0.6 is 0 Å². The van der Waals surface area contributed by atoms with E-state index in [9.17, 15) is 0 Å². The quantitative estimate of drug-likeness (QED) is 0.158. The molecule has 2 heteroatoms. The Morgan fingerprint density at radius 1 is 0.645 bits per heavy atom. The topological polar surface area (TPSA) is 8.81 Å². The Bertz CT molecular complexity index is 659. The van der Waals surface area contributed by atoms with Crippen LogP contribution in [0.4, 0.5) is 0 Å². The first-order chi connectivity index (χ1) is 15.3. The monoisotopic (exact) mass is 425 g/mol. The van der Waals surface area contributed by atoms with E-state index in [4.69, 9.17) is 0 Å². The molecule has 1 aromatic heterocycles. The largest absolute Gasteiger partial charge is 0.256 e. The highest BCUT2D eigenvalue weighted by Gasteiger charge is 2.17. The van der Waals surface area contributed by atoms with Crippen LogP contribution in [0.1, 0.15) is 122 Å².